The SMILES string of the molecule is CC(C)CCN(CC(=O)N1CCN(c2ccc(-c3ccccc3Cl)nn2)CC1)C(=O)c1cccs1. The normalized spacial score (nSPS) is 13.8. The molecule has 0 spiro atoms. The zero-order valence-corrected chi connectivity index (χ0v) is 21.6. The van der Waals surface area contributed by atoms with E-state index in [-0.39, 0.29) is 18.4 Å². The Balaban J connectivity index is 1.34. The number of aromatic nitrogens is 2. The summed E-state index contributed by atoms with van der Waals surface area (Å²) in [6.45, 7) is 7.42. The number of amides is 2. The lowest BCUT2D eigenvalue weighted by Gasteiger charge is -2.36. The average molecular weight is 512 g/mol. The maximum Gasteiger partial charge on any atom is 0.264 e. The van der Waals surface area contributed by atoms with Crippen molar-refractivity contribution in [1.29, 1.82) is 0 Å². The van der Waals surface area contributed by atoms with Gasteiger partial charge in [-0.3, -0.25) is 9.59 Å². The smallest absolute Gasteiger partial charge is 0.264 e. The maximum absolute atomic E-state index is 13.1. The summed E-state index contributed by atoms with van der Waals surface area (Å²) in [4.78, 5) is 32.4. The van der Waals surface area contributed by atoms with Crippen molar-refractivity contribution >= 4 is 40.6 Å². The summed E-state index contributed by atoms with van der Waals surface area (Å²) in [5.41, 5.74) is 1.58. The molecule has 35 heavy (non-hydrogen) atoms. The Morgan fingerprint density at radius 3 is 2.43 bits per heavy atom. The van der Waals surface area contributed by atoms with Crippen molar-refractivity contribution < 1.29 is 9.59 Å². The van der Waals surface area contributed by atoms with Crippen LogP contribution in [0.1, 0.15) is 29.9 Å². The van der Waals surface area contributed by atoms with Crippen molar-refractivity contribution in [3.05, 3.63) is 63.8 Å². The Kier molecular flexibility index (Phi) is 8.36. The van der Waals surface area contributed by atoms with E-state index in [1.54, 1.807) is 4.90 Å². The molecule has 184 valence electrons. The summed E-state index contributed by atoms with van der Waals surface area (Å²) < 4.78 is 0. The van der Waals surface area contributed by atoms with E-state index in [2.05, 4.69) is 28.9 Å². The zero-order chi connectivity index (χ0) is 24.8. The van der Waals surface area contributed by atoms with Gasteiger partial charge in [0.1, 0.15) is 6.54 Å². The standard InChI is InChI=1S/C26H30ClN5O2S/c1-19(2)11-12-32(26(34)23-8-5-17-35-23)18-25(33)31-15-13-30(14-16-31)24-10-9-22(28-29-24)20-6-3-4-7-21(20)27/h3-10,17,19H,11-16,18H2,1-2H3. The second-order valence-electron chi connectivity index (χ2n) is 9.01. The molecule has 0 N–H and O–H groups in total. The van der Waals surface area contributed by atoms with Crippen LogP contribution >= 0.6 is 22.9 Å². The van der Waals surface area contributed by atoms with Gasteiger partial charge in [-0.15, -0.1) is 21.5 Å². The quantitative estimate of drug-likeness (QED) is 0.438. The van der Waals surface area contributed by atoms with Gasteiger partial charge >= 0.3 is 0 Å². The number of piperazine rings is 1. The second-order valence-corrected chi connectivity index (χ2v) is 10.4. The lowest BCUT2D eigenvalue weighted by molar-refractivity contribution is -0.132. The van der Waals surface area contributed by atoms with Gasteiger partial charge in [0.15, 0.2) is 5.82 Å². The Morgan fingerprint density at radius 1 is 1.03 bits per heavy atom. The van der Waals surface area contributed by atoms with Crippen molar-refractivity contribution in [2.24, 2.45) is 5.92 Å². The zero-order valence-electron chi connectivity index (χ0n) is 20.1. The molecule has 0 radical (unpaired) electrons. The lowest BCUT2D eigenvalue weighted by Crippen LogP contribution is -2.52. The van der Waals surface area contributed by atoms with Crippen molar-refractivity contribution in [1.82, 2.24) is 20.0 Å². The first-order chi connectivity index (χ1) is 16.9. The van der Waals surface area contributed by atoms with E-state index < -0.39 is 0 Å². The lowest BCUT2D eigenvalue weighted by atomic mass is 10.1. The number of rotatable bonds is 8. The van der Waals surface area contributed by atoms with Crippen LogP contribution in [0.25, 0.3) is 11.3 Å². The van der Waals surface area contributed by atoms with Gasteiger partial charge in [0.05, 0.1) is 15.6 Å². The Morgan fingerprint density at radius 2 is 1.80 bits per heavy atom. The van der Waals surface area contributed by atoms with Crippen LogP contribution in [0.15, 0.2) is 53.9 Å². The molecule has 1 saturated heterocycles. The van der Waals surface area contributed by atoms with Crippen LogP contribution in [-0.2, 0) is 4.79 Å². The number of thiophene rings is 1. The van der Waals surface area contributed by atoms with Crippen LogP contribution in [-0.4, -0.2) is 71.1 Å². The third kappa shape index (κ3) is 6.38. The van der Waals surface area contributed by atoms with Gasteiger partial charge in [0, 0.05) is 38.3 Å². The second kappa shape index (κ2) is 11.6. The van der Waals surface area contributed by atoms with Gasteiger partial charge in [-0.2, -0.15) is 0 Å². The number of hydrogen-bond donors (Lipinski definition) is 0. The minimum atomic E-state index is -0.0680. The fourth-order valence-corrected chi connectivity index (χ4v) is 4.90. The van der Waals surface area contributed by atoms with E-state index in [9.17, 15) is 9.59 Å². The van der Waals surface area contributed by atoms with E-state index in [0.29, 0.717) is 48.5 Å². The van der Waals surface area contributed by atoms with Crippen molar-refractivity contribution in [2.75, 3.05) is 44.2 Å². The van der Waals surface area contributed by atoms with E-state index >= 15 is 0 Å². The van der Waals surface area contributed by atoms with Gasteiger partial charge < -0.3 is 14.7 Å². The van der Waals surface area contributed by atoms with Crippen molar-refractivity contribution in [2.45, 2.75) is 20.3 Å². The number of hydrogen-bond acceptors (Lipinski definition) is 6. The molecule has 9 heteroatoms. The number of anilines is 1. The van der Waals surface area contributed by atoms with Crippen LogP contribution in [0, 0.1) is 5.92 Å². The van der Waals surface area contributed by atoms with E-state index in [0.717, 1.165) is 23.5 Å². The number of benzene rings is 1. The number of halogens is 1. The summed E-state index contributed by atoms with van der Waals surface area (Å²) in [7, 11) is 0. The summed E-state index contributed by atoms with van der Waals surface area (Å²) in [6, 6.07) is 15.1. The Hall–Kier alpha value is -2.97. The summed E-state index contributed by atoms with van der Waals surface area (Å²) >= 11 is 7.68. The Labute approximate surface area is 215 Å². The highest BCUT2D eigenvalue weighted by molar-refractivity contribution is 7.12. The van der Waals surface area contributed by atoms with Crippen molar-refractivity contribution in [3.63, 3.8) is 0 Å². The predicted molar refractivity (Wildman–Crippen MR) is 141 cm³/mol. The molecule has 3 aromatic rings. The highest BCUT2D eigenvalue weighted by Crippen LogP contribution is 2.26. The first kappa shape index (κ1) is 25.1. The molecule has 0 bridgehead atoms. The third-order valence-corrected chi connectivity index (χ3v) is 7.27. The summed E-state index contributed by atoms with van der Waals surface area (Å²) in [6.07, 6.45) is 0.862. The highest BCUT2D eigenvalue weighted by Gasteiger charge is 2.26. The van der Waals surface area contributed by atoms with E-state index in [1.165, 1.54) is 11.3 Å². The number of nitrogens with zero attached hydrogens (tertiary/aromatic N) is 5. The molecular formula is C26H30ClN5O2S. The summed E-state index contributed by atoms with van der Waals surface area (Å²) in [5.74, 6) is 1.15. The molecule has 2 aromatic heterocycles. The molecule has 1 aliphatic heterocycles. The first-order valence-electron chi connectivity index (χ1n) is 11.9. The molecule has 2 amide bonds. The molecule has 0 saturated carbocycles. The van der Waals surface area contributed by atoms with Crippen LogP contribution < -0.4 is 4.90 Å². The van der Waals surface area contributed by atoms with Crippen LogP contribution in [0.5, 0.6) is 0 Å². The monoisotopic (exact) mass is 511 g/mol. The van der Waals surface area contributed by atoms with E-state index in [1.807, 2.05) is 58.8 Å². The minimum Gasteiger partial charge on any atom is -0.352 e. The Bertz CT molecular complexity index is 1130. The number of carbonyl (C=O) groups excluding carboxylic acids is 2. The summed E-state index contributed by atoms with van der Waals surface area (Å²) in [5, 5.41) is 11.3. The minimum absolute atomic E-state index is 0.0153. The maximum atomic E-state index is 13.1. The highest BCUT2D eigenvalue weighted by atomic mass is 35.5. The molecule has 4 rings (SSSR count). The molecule has 7 nitrogen and oxygen atoms in total. The van der Waals surface area contributed by atoms with Crippen LogP contribution in [0.3, 0.4) is 0 Å². The molecule has 0 atom stereocenters. The molecule has 1 aromatic carbocycles. The largest absolute Gasteiger partial charge is 0.352 e. The van der Waals surface area contributed by atoms with E-state index in [4.69, 9.17) is 11.6 Å². The molecule has 0 unspecified atom stereocenters. The van der Waals surface area contributed by atoms with Gasteiger partial charge in [-0.1, -0.05) is 49.7 Å². The third-order valence-electron chi connectivity index (χ3n) is 6.08. The fraction of sp³-hybridized carbons (Fsp3) is 0.385. The molecule has 1 fully saturated rings. The molecule has 3 heterocycles. The topological polar surface area (TPSA) is 69.6 Å². The molecule has 0 aliphatic carbocycles. The van der Waals surface area contributed by atoms with Gasteiger partial charge in [0.2, 0.25) is 5.91 Å². The van der Waals surface area contributed by atoms with Crippen molar-refractivity contribution in [3.8, 4) is 11.3 Å². The molecule has 1 aliphatic rings. The molecular weight excluding hydrogens is 482 g/mol. The first-order valence-corrected chi connectivity index (χ1v) is 13.1. The number of carbonyl (C=O) groups is 2. The average Bonchev–Trinajstić information content (AvgIpc) is 3.42. The van der Waals surface area contributed by atoms with Gasteiger partial charge in [-0.25, -0.2) is 0 Å². The van der Waals surface area contributed by atoms with Crippen LogP contribution in [0.2, 0.25) is 5.02 Å². The fourth-order valence-electron chi connectivity index (χ4n) is 3.98. The van der Waals surface area contributed by atoms with Gasteiger partial charge in [0.25, 0.3) is 5.91 Å². The van der Waals surface area contributed by atoms with Gasteiger partial charge in [-0.05, 0) is 42.0 Å². The predicted octanol–water partition coefficient (Wildman–Crippen LogP) is 4.70. The van der Waals surface area contributed by atoms with Crippen LogP contribution in [0.4, 0.5) is 5.82 Å².